The summed E-state index contributed by atoms with van der Waals surface area (Å²) in [4.78, 5) is 15.0. The lowest BCUT2D eigenvalue weighted by Crippen LogP contribution is -2.51. The van der Waals surface area contributed by atoms with Crippen LogP contribution in [0, 0.1) is 20.8 Å². The summed E-state index contributed by atoms with van der Waals surface area (Å²) in [6.45, 7) is 8.09. The first-order chi connectivity index (χ1) is 11.8. The van der Waals surface area contributed by atoms with Crippen molar-refractivity contribution in [1.29, 1.82) is 0 Å². The Hall–Kier alpha value is -1.44. The molecule has 3 rings (SSSR count). The van der Waals surface area contributed by atoms with E-state index in [2.05, 4.69) is 0 Å². The van der Waals surface area contributed by atoms with Gasteiger partial charge < -0.3 is 9.64 Å². The minimum atomic E-state index is -3.70. The average Bonchev–Trinajstić information content (AvgIpc) is 3.04. The van der Waals surface area contributed by atoms with Gasteiger partial charge in [0.15, 0.2) is 0 Å². The Labute approximate surface area is 149 Å². The van der Waals surface area contributed by atoms with E-state index in [9.17, 15) is 13.2 Å². The van der Waals surface area contributed by atoms with E-state index in [0.717, 1.165) is 16.7 Å². The maximum absolute atomic E-state index is 13.3. The monoisotopic (exact) mass is 366 g/mol. The fourth-order valence-electron chi connectivity index (χ4n) is 3.96. The van der Waals surface area contributed by atoms with Crippen LogP contribution in [-0.2, 0) is 19.6 Å². The molecule has 2 aliphatic heterocycles. The van der Waals surface area contributed by atoms with Crippen LogP contribution in [0.2, 0.25) is 0 Å². The highest BCUT2D eigenvalue weighted by Crippen LogP contribution is 2.31. The third-order valence-corrected chi connectivity index (χ3v) is 7.20. The molecule has 0 aliphatic carbocycles. The normalized spacial score (nSPS) is 22.4. The maximum Gasteiger partial charge on any atom is 0.244 e. The summed E-state index contributed by atoms with van der Waals surface area (Å²) < 4.78 is 33.3. The second-order valence-electron chi connectivity index (χ2n) is 6.94. The van der Waals surface area contributed by atoms with Gasteiger partial charge in [0.25, 0.3) is 0 Å². The Balaban J connectivity index is 1.92. The van der Waals surface area contributed by atoms with Crippen LogP contribution in [0.3, 0.4) is 0 Å². The Morgan fingerprint density at radius 2 is 1.68 bits per heavy atom. The largest absolute Gasteiger partial charge is 0.378 e. The molecule has 2 saturated heterocycles. The summed E-state index contributed by atoms with van der Waals surface area (Å²) in [5, 5.41) is 0. The first-order valence-electron chi connectivity index (χ1n) is 8.78. The van der Waals surface area contributed by atoms with Gasteiger partial charge in [0, 0.05) is 19.6 Å². The molecule has 1 aromatic rings. The van der Waals surface area contributed by atoms with Gasteiger partial charge in [0.2, 0.25) is 15.9 Å². The number of benzene rings is 1. The van der Waals surface area contributed by atoms with Crippen LogP contribution in [0.25, 0.3) is 0 Å². The van der Waals surface area contributed by atoms with Crippen molar-refractivity contribution in [3.05, 3.63) is 28.8 Å². The van der Waals surface area contributed by atoms with Gasteiger partial charge in [0.05, 0.1) is 18.1 Å². The van der Waals surface area contributed by atoms with Crippen molar-refractivity contribution < 1.29 is 17.9 Å². The molecule has 2 aliphatic rings. The lowest BCUT2D eigenvalue weighted by Gasteiger charge is -2.32. The molecule has 0 radical (unpaired) electrons. The summed E-state index contributed by atoms with van der Waals surface area (Å²) in [6, 6.07) is 3.17. The van der Waals surface area contributed by atoms with Gasteiger partial charge in [-0.25, -0.2) is 8.42 Å². The van der Waals surface area contributed by atoms with Crippen molar-refractivity contribution in [1.82, 2.24) is 9.21 Å². The molecular formula is C18H26N2O4S. The summed E-state index contributed by atoms with van der Waals surface area (Å²) >= 11 is 0. The lowest BCUT2D eigenvalue weighted by molar-refractivity contribution is -0.138. The standard InChI is InChI=1S/C18H26N2O4S/c1-13-11-14(2)17(15(3)12-13)25(22,23)20-6-4-5-16(20)18(21)19-7-9-24-10-8-19/h11-12,16H,4-10H2,1-3H3. The summed E-state index contributed by atoms with van der Waals surface area (Å²) in [7, 11) is -3.70. The van der Waals surface area contributed by atoms with E-state index >= 15 is 0 Å². The molecule has 1 aromatic carbocycles. The number of carbonyl (C=O) groups is 1. The minimum Gasteiger partial charge on any atom is -0.378 e. The van der Waals surface area contributed by atoms with Crippen LogP contribution in [0.4, 0.5) is 0 Å². The highest BCUT2D eigenvalue weighted by Gasteiger charge is 2.42. The van der Waals surface area contributed by atoms with Crippen LogP contribution >= 0.6 is 0 Å². The quantitative estimate of drug-likeness (QED) is 0.815. The molecule has 0 spiro atoms. The van der Waals surface area contributed by atoms with Gasteiger partial charge in [-0.2, -0.15) is 4.31 Å². The number of rotatable bonds is 3. The predicted molar refractivity (Wildman–Crippen MR) is 95.0 cm³/mol. The van der Waals surface area contributed by atoms with E-state index < -0.39 is 16.1 Å². The molecule has 2 heterocycles. The van der Waals surface area contributed by atoms with Gasteiger partial charge in [-0.1, -0.05) is 17.7 Å². The van der Waals surface area contributed by atoms with Crippen LogP contribution in [0.5, 0.6) is 0 Å². The van der Waals surface area contributed by atoms with Gasteiger partial charge in [-0.3, -0.25) is 4.79 Å². The summed E-state index contributed by atoms with van der Waals surface area (Å²) in [6.07, 6.45) is 1.29. The Morgan fingerprint density at radius 1 is 1.08 bits per heavy atom. The highest BCUT2D eigenvalue weighted by molar-refractivity contribution is 7.89. The first-order valence-corrected chi connectivity index (χ1v) is 10.2. The maximum atomic E-state index is 13.3. The molecule has 1 atom stereocenters. The van der Waals surface area contributed by atoms with Crippen LogP contribution in [-0.4, -0.2) is 62.4 Å². The minimum absolute atomic E-state index is 0.0909. The molecule has 2 fully saturated rings. The molecule has 1 amide bonds. The molecule has 0 N–H and O–H groups in total. The van der Waals surface area contributed by atoms with Crippen LogP contribution in [0.1, 0.15) is 29.5 Å². The van der Waals surface area contributed by atoms with E-state index in [1.54, 1.807) is 4.90 Å². The number of morpholine rings is 1. The Kier molecular flexibility index (Phi) is 5.18. The summed E-state index contributed by atoms with van der Waals surface area (Å²) in [5.74, 6) is -0.0909. The van der Waals surface area contributed by atoms with Crippen molar-refractivity contribution in [2.75, 3.05) is 32.8 Å². The fourth-order valence-corrected chi connectivity index (χ4v) is 6.03. The van der Waals surface area contributed by atoms with Crippen molar-refractivity contribution >= 4 is 15.9 Å². The second kappa shape index (κ2) is 7.05. The smallest absolute Gasteiger partial charge is 0.244 e. The zero-order chi connectivity index (χ0) is 18.2. The number of carbonyl (C=O) groups excluding carboxylic acids is 1. The predicted octanol–water partition coefficient (Wildman–Crippen LogP) is 1.62. The number of ether oxygens (including phenoxy) is 1. The van der Waals surface area contributed by atoms with Crippen molar-refractivity contribution in [3.63, 3.8) is 0 Å². The molecule has 0 saturated carbocycles. The molecule has 0 bridgehead atoms. The van der Waals surface area contributed by atoms with Crippen LogP contribution in [0.15, 0.2) is 17.0 Å². The molecular weight excluding hydrogens is 340 g/mol. The van der Waals surface area contributed by atoms with Crippen molar-refractivity contribution in [2.24, 2.45) is 0 Å². The highest BCUT2D eigenvalue weighted by atomic mass is 32.2. The van der Waals surface area contributed by atoms with E-state index in [0.29, 0.717) is 50.6 Å². The van der Waals surface area contributed by atoms with E-state index in [-0.39, 0.29) is 5.91 Å². The number of sulfonamides is 1. The van der Waals surface area contributed by atoms with E-state index in [1.807, 2.05) is 32.9 Å². The summed E-state index contributed by atoms with van der Waals surface area (Å²) in [5.41, 5.74) is 2.51. The molecule has 6 nitrogen and oxygen atoms in total. The number of nitrogens with zero attached hydrogens (tertiary/aromatic N) is 2. The van der Waals surface area contributed by atoms with E-state index in [4.69, 9.17) is 4.74 Å². The molecule has 0 aromatic heterocycles. The van der Waals surface area contributed by atoms with Gasteiger partial charge in [-0.15, -0.1) is 0 Å². The SMILES string of the molecule is Cc1cc(C)c(S(=O)(=O)N2CCCC2C(=O)N2CCOCC2)c(C)c1. The Morgan fingerprint density at radius 3 is 2.28 bits per heavy atom. The topological polar surface area (TPSA) is 66.9 Å². The average molecular weight is 366 g/mol. The molecule has 138 valence electrons. The second-order valence-corrected chi connectivity index (χ2v) is 8.77. The van der Waals surface area contributed by atoms with Crippen molar-refractivity contribution in [2.45, 2.75) is 44.6 Å². The number of hydrogen-bond acceptors (Lipinski definition) is 4. The fraction of sp³-hybridized carbons (Fsp3) is 0.611. The molecule has 1 unspecified atom stereocenters. The van der Waals surface area contributed by atoms with Gasteiger partial charge in [0.1, 0.15) is 6.04 Å². The lowest BCUT2D eigenvalue weighted by atomic mass is 10.1. The van der Waals surface area contributed by atoms with E-state index in [1.165, 1.54) is 4.31 Å². The number of hydrogen-bond donors (Lipinski definition) is 0. The number of aryl methyl sites for hydroxylation is 3. The third kappa shape index (κ3) is 3.45. The molecule has 7 heteroatoms. The molecule has 25 heavy (non-hydrogen) atoms. The zero-order valence-corrected chi connectivity index (χ0v) is 15.9. The zero-order valence-electron chi connectivity index (χ0n) is 15.1. The first kappa shape index (κ1) is 18.4. The van der Waals surface area contributed by atoms with Gasteiger partial charge >= 0.3 is 0 Å². The van der Waals surface area contributed by atoms with Crippen molar-refractivity contribution in [3.8, 4) is 0 Å². The third-order valence-electron chi connectivity index (χ3n) is 4.98. The van der Waals surface area contributed by atoms with Crippen LogP contribution < -0.4 is 0 Å². The Bertz CT molecular complexity index is 746. The number of amides is 1. The van der Waals surface area contributed by atoms with Gasteiger partial charge in [-0.05, 0) is 44.7 Å².